The molecular weight excluding hydrogens is 569 g/mol. The second-order valence-electron chi connectivity index (χ2n) is 9.31. The average molecular weight is 596 g/mol. The van der Waals surface area contributed by atoms with Gasteiger partial charge in [-0.25, -0.2) is 9.69 Å². The lowest BCUT2D eigenvalue weighted by Gasteiger charge is -2.26. The molecule has 1 aliphatic heterocycles. The number of halogens is 2. The third-order valence-corrected chi connectivity index (χ3v) is 6.86. The van der Waals surface area contributed by atoms with Crippen LogP contribution in [0.2, 0.25) is 10.0 Å². The quantitative estimate of drug-likeness (QED) is 0.244. The van der Waals surface area contributed by atoms with E-state index in [0.717, 1.165) is 21.6 Å². The molecule has 3 aromatic carbocycles. The number of urea groups is 1. The van der Waals surface area contributed by atoms with Crippen molar-refractivity contribution in [2.75, 3.05) is 23.4 Å². The van der Waals surface area contributed by atoms with Crippen molar-refractivity contribution in [3.05, 3.63) is 86.4 Å². The van der Waals surface area contributed by atoms with Gasteiger partial charge in [0.15, 0.2) is 18.1 Å². The number of ether oxygens (including phenoxy) is 2. The Morgan fingerprint density at radius 1 is 0.951 bits per heavy atom. The summed E-state index contributed by atoms with van der Waals surface area (Å²) in [5, 5.41) is 5.43. The summed E-state index contributed by atoms with van der Waals surface area (Å²) < 4.78 is 11.4. The largest absolute Gasteiger partial charge is 0.490 e. The Morgan fingerprint density at radius 2 is 1.68 bits per heavy atom. The van der Waals surface area contributed by atoms with Gasteiger partial charge in [0.2, 0.25) is 0 Å². The standard InChI is InChI=1S/C30H27Cl2N3O6/c1-5-40-25-13-19(12-23(32)27(25)41-15-26(36)33-24-10-16(2)6-7-18(24)4)11-21-28(37)34-30(39)35(29(21)38)20-9-8-17(3)22(31)14-20/h6-14H,5,15H2,1-4H3,(H,33,36)(H,34,37,39)/b21-11+. The first-order valence-electron chi connectivity index (χ1n) is 12.6. The molecular formula is C30H27Cl2N3O6. The summed E-state index contributed by atoms with van der Waals surface area (Å²) in [6.45, 7) is 7.25. The molecule has 0 saturated carbocycles. The van der Waals surface area contributed by atoms with Crippen LogP contribution in [-0.2, 0) is 14.4 Å². The molecule has 3 aromatic rings. The number of nitrogens with one attached hydrogen (secondary N) is 2. The average Bonchev–Trinajstić information content (AvgIpc) is 2.90. The highest BCUT2D eigenvalue weighted by Crippen LogP contribution is 2.38. The van der Waals surface area contributed by atoms with Crippen LogP contribution in [0.1, 0.15) is 29.2 Å². The number of aryl methyl sites for hydroxylation is 3. The highest BCUT2D eigenvalue weighted by molar-refractivity contribution is 6.39. The van der Waals surface area contributed by atoms with E-state index >= 15 is 0 Å². The van der Waals surface area contributed by atoms with Gasteiger partial charge >= 0.3 is 6.03 Å². The molecule has 11 heteroatoms. The Balaban J connectivity index is 1.59. The van der Waals surface area contributed by atoms with E-state index in [0.29, 0.717) is 16.3 Å². The van der Waals surface area contributed by atoms with Gasteiger partial charge < -0.3 is 14.8 Å². The normalized spacial score (nSPS) is 14.2. The predicted molar refractivity (Wildman–Crippen MR) is 158 cm³/mol. The fraction of sp³-hybridized carbons (Fsp3) is 0.200. The zero-order valence-electron chi connectivity index (χ0n) is 22.8. The molecule has 212 valence electrons. The number of anilines is 2. The predicted octanol–water partition coefficient (Wildman–Crippen LogP) is 6.00. The van der Waals surface area contributed by atoms with Gasteiger partial charge in [-0.1, -0.05) is 41.4 Å². The lowest BCUT2D eigenvalue weighted by Crippen LogP contribution is -2.54. The minimum Gasteiger partial charge on any atom is -0.490 e. The minimum atomic E-state index is -0.895. The van der Waals surface area contributed by atoms with Crippen LogP contribution in [0.3, 0.4) is 0 Å². The second-order valence-corrected chi connectivity index (χ2v) is 10.1. The van der Waals surface area contributed by atoms with E-state index in [1.807, 2.05) is 32.0 Å². The highest BCUT2D eigenvalue weighted by atomic mass is 35.5. The maximum absolute atomic E-state index is 13.3. The first-order chi connectivity index (χ1) is 19.5. The summed E-state index contributed by atoms with van der Waals surface area (Å²) in [6.07, 6.45) is 1.29. The van der Waals surface area contributed by atoms with Gasteiger partial charge in [0.05, 0.1) is 17.3 Å². The number of hydrogen-bond donors (Lipinski definition) is 2. The number of benzene rings is 3. The van der Waals surface area contributed by atoms with E-state index in [-0.39, 0.29) is 41.0 Å². The Hall–Kier alpha value is -4.34. The van der Waals surface area contributed by atoms with Gasteiger partial charge in [-0.05, 0) is 86.4 Å². The zero-order chi connectivity index (χ0) is 29.8. The SMILES string of the molecule is CCOc1cc(/C=C2\C(=O)NC(=O)N(c3ccc(C)c(Cl)c3)C2=O)cc(Cl)c1OCC(=O)Nc1cc(C)ccc1C. The lowest BCUT2D eigenvalue weighted by molar-refractivity contribution is -0.122. The number of hydrogen-bond acceptors (Lipinski definition) is 6. The number of rotatable bonds is 8. The van der Waals surface area contributed by atoms with Gasteiger partial charge in [-0.15, -0.1) is 0 Å². The van der Waals surface area contributed by atoms with Gasteiger partial charge in [-0.3, -0.25) is 19.7 Å². The van der Waals surface area contributed by atoms with Crippen LogP contribution in [0.5, 0.6) is 11.5 Å². The second kappa shape index (κ2) is 12.4. The maximum atomic E-state index is 13.3. The first-order valence-corrected chi connectivity index (χ1v) is 13.4. The molecule has 0 atom stereocenters. The molecule has 0 aliphatic carbocycles. The summed E-state index contributed by atoms with van der Waals surface area (Å²) in [5.74, 6) is -1.78. The van der Waals surface area contributed by atoms with Gasteiger partial charge in [0.25, 0.3) is 17.7 Å². The molecule has 0 radical (unpaired) electrons. The van der Waals surface area contributed by atoms with Gasteiger partial charge in [-0.2, -0.15) is 0 Å². The molecule has 0 aromatic heterocycles. The van der Waals surface area contributed by atoms with E-state index in [1.165, 1.54) is 24.3 Å². The monoisotopic (exact) mass is 595 g/mol. The summed E-state index contributed by atoms with van der Waals surface area (Å²) in [4.78, 5) is 51.9. The Bertz CT molecular complexity index is 1600. The van der Waals surface area contributed by atoms with Crippen molar-refractivity contribution in [3.8, 4) is 11.5 Å². The smallest absolute Gasteiger partial charge is 0.335 e. The fourth-order valence-electron chi connectivity index (χ4n) is 4.05. The molecule has 1 fully saturated rings. The van der Waals surface area contributed by atoms with Crippen molar-refractivity contribution in [3.63, 3.8) is 0 Å². The van der Waals surface area contributed by atoms with Gasteiger partial charge in [0.1, 0.15) is 5.57 Å². The molecule has 1 heterocycles. The minimum absolute atomic E-state index is 0.0873. The number of carbonyl (C=O) groups is 4. The molecule has 5 amide bonds. The molecule has 0 unspecified atom stereocenters. The topological polar surface area (TPSA) is 114 Å². The molecule has 9 nitrogen and oxygen atoms in total. The number of imide groups is 2. The van der Waals surface area contributed by atoms with E-state index in [9.17, 15) is 19.2 Å². The van der Waals surface area contributed by atoms with Crippen LogP contribution >= 0.6 is 23.2 Å². The van der Waals surface area contributed by atoms with Gasteiger partial charge in [0, 0.05) is 10.7 Å². The molecule has 4 rings (SSSR count). The summed E-state index contributed by atoms with van der Waals surface area (Å²) in [5.41, 5.74) is 3.57. The lowest BCUT2D eigenvalue weighted by atomic mass is 10.1. The van der Waals surface area contributed by atoms with Crippen molar-refractivity contribution < 1.29 is 28.7 Å². The molecule has 1 aliphatic rings. The number of amides is 5. The zero-order valence-corrected chi connectivity index (χ0v) is 24.3. The fourth-order valence-corrected chi connectivity index (χ4v) is 4.50. The Kier molecular flexibility index (Phi) is 9.00. The maximum Gasteiger partial charge on any atom is 0.335 e. The van der Waals surface area contributed by atoms with Crippen LogP contribution in [-0.4, -0.2) is 37.0 Å². The highest BCUT2D eigenvalue weighted by Gasteiger charge is 2.37. The number of barbiturate groups is 1. The third kappa shape index (κ3) is 6.70. The molecule has 1 saturated heterocycles. The van der Waals surface area contributed by atoms with E-state index in [1.54, 1.807) is 26.0 Å². The number of carbonyl (C=O) groups excluding carboxylic acids is 4. The van der Waals surface area contributed by atoms with Crippen molar-refractivity contribution in [1.29, 1.82) is 0 Å². The van der Waals surface area contributed by atoms with Crippen molar-refractivity contribution in [2.24, 2.45) is 0 Å². The summed E-state index contributed by atoms with van der Waals surface area (Å²) in [6, 6.07) is 12.5. The van der Waals surface area contributed by atoms with E-state index in [4.69, 9.17) is 32.7 Å². The van der Waals surface area contributed by atoms with Crippen molar-refractivity contribution in [1.82, 2.24) is 5.32 Å². The molecule has 2 N–H and O–H groups in total. The van der Waals surface area contributed by atoms with E-state index < -0.39 is 23.8 Å². The third-order valence-electron chi connectivity index (χ3n) is 6.17. The van der Waals surface area contributed by atoms with Crippen LogP contribution in [0.15, 0.2) is 54.1 Å². The molecule has 0 spiro atoms. The van der Waals surface area contributed by atoms with Crippen LogP contribution in [0, 0.1) is 20.8 Å². The van der Waals surface area contributed by atoms with E-state index in [2.05, 4.69) is 10.6 Å². The van der Waals surface area contributed by atoms with Crippen LogP contribution in [0.4, 0.5) is 16.2 Å². The van der Waals surface area contributed by atoms with Crippen LogP contribution in [0.25, 0.3) is 6.08 Å². The van der Waals surface area contributed by atoms with Crippen LogP contribution < -0.4 is 25.0 Å². The summed E-state index contributed by atoms with van der Waals surface area (Å²) in [7, 11) is 0. The van der Waals surface area contributed by atoms with Crippen molar-refractivity contribution >= 4 is 64.4 Å². The number of nitrogens with zero attached hydrogens (tertiary/aromatic N) is 1. The Morgan fingerprint density at radius 3 is 2.39 bits per heavy atom. The first kappa shape index (κ1) is 29.6. The Labute approximate surface area is 247 Å². The molecule has 41 heavy (non-hydrogen) atoms. The van der Waals surface area contributed by atoms with Crippen molar-refractivity contribution in [2.45, 2.75) is 27.7 Å². The molecule has 0 bridgehead atoms. The summed E-state index contributed by atoms with van der Waals surface area (Å²) >= 11 is 12.7.